The second kappa shape index (κ2) is 10.4. The summed E-state index contributed by atoms with van der Waals surface area (Å²) in [5, 5.41) is 9.86. The van der Waals surface area contributed by atoms with E-state index in [1.54, 1.807) is 0 Å². The summed E-state index contributed by atoms with van der Waals surface area (Å²) in [4.78, 5) is 2.35. The molecule has 2 aliphatic rings. The number of ether oxygens (including phenoxy) is 3. The van der Waals surface area contributed by atoms with Gasteiger partial charge >= 0.3 is 0 Å². The second-order valence-electron chi connectivity index (χ2n) is 6.87. The first kappa shape index (κ1) is 17.1. The number of rotatable bonds is 7. The minimum absolute atomic E-state index is 0. The summed E-state index contributed by atoms with van der Waals surface area (Å²) in [6.07, 6.45) is 5.48. The molecule has 0 radical (unpaired) electrons. The second-order valence-corrected chi connectivity index (χ2v) is 6.87. The van der Waals surface area contributed by atoms with Crippen molar-refractivity contribution in [2.45, 2.75) is 56.8 Å². The van der Waals surface area contributed by atoms with Crippen LogP contribution in [0.2, 0.25) is 0 Å². The molecule has 0 aromatic heterocycles. The van der Waals surface area contributed by atoms with E-state index in [0.717, 1.165) is 38.8 Å². The third kappa shape index (κ3) is 5.26. The quantitative estimate of drug-likeness (QED) is 0.777. The standard InChI is InChI=1S/C20H31NO4.ClH/c1-23-19-8-7-15(13-20(19)24-2)10-12-25-18-6-4-3-5-17(18)21-11-9-16(22)14-21;/h7-8,13,16-18,22H,3-6,9-12,14H2,1-2H3;1H/t16-,17-,18-;/m1./s1/i7D,8D,13D;. The van der Waals surface area contributed by atoms with Gasteiger partial charge in [0.05, 0.1) is 37.1 Å². The van der Waals surface area contributed by atoms with E-state index in [-0.39, 0.29) is 54.2 Å². The van der Waals surface area contributed by atoms with Crippen LogP contribution in [0.1, 0.15) is 41.8 Å². The van der Waals surface area contributed by atoms with Gasteiger partial charge in [-0.15, -0.1) is 12.4 Å². The molecule has 0 bridgehead atoms. The molecule has 1 aliphatic heterocycles. The van der Waals surface area contributed by atoms with Crippen molar-refractivity contribution in [1.82, 2.24) is 4.90 Å². The summed E-state index contributed by atoms with van der Waals surface area (Å²) in [5.74, 6) is 0.321. The molecule has 148 valence electrons. The summed E-state index contributed by atoms with van der Waals surface area (Å²) in [7, 11) is 2.85. The van der Waals surface area contributed by atoms with Crippen LogP contribution in [0.3, 0.4) is 0 Å². The van der Waals surface area contributed by atoms with E-state index in [9.17, 15) is 5.11 Å². The first-order chi connectivity index (χ1) is 13.5. The molecule has 1 aromatic rings. The Morgan fingerprint density at radius 3 is 2.62 bits per heavy atom. The van der Waals surface area contributed by atoms with Gasteiger partial charge in [0.25, 0.3) is 0 Å². The predicted molar refractivity (Wildman–Crippen MR) is 105 cm³/mol. The zero-order chi connectivity index (χ0) is 20.3. The molecule has 1 saturated heterocycles. The fraction of sp³-hybridized carbons (Fsp3) is 0.700. The topological polar surface area (TPSA) is 51.2 Å². The maximum absolute atomic E-state index is 9.86. The van der Waals surface area contributed by atoms with E-state index in [1.807, 2.05) is 0 Å². The number of nitrogens with zero attached hydrogens (tertiary/aromatic N) is 1. The summed E-state index contributed by atoms with van der Waals surface area (Å²) in [6, 6.07) is 0.349. The highest BCUT2D eigenvalue weighted by Gasteiger charge is 2.34. The Morgan fingerprint density at radius 2 is 1.92 bits per heavy atom. The van der Waals surface area contributed by atoms with E-state index in [2.05, 4.69) is 4.90 Å². The molecule has 0 spiro atoms. The van der Waals surface area contributed by atoms with Crippen LogP contribution in [0, 0.1) is 0 Å². The van der Waals surface area contributed by atoms with Crippen LogP contribution < -0.4 is 9.47 Å². The van der Waals surface area contributed by atoms with E-state index in [4.69, 9.17) is 18.3 Å². The van der Waals surface area contributed by atoms with Crippen molar-refractivity contribution in [3.8, 4) is 11.5 Å². The van der Waals surface area contributed by atoms with E-state index in [1.165, 1.54) is 20.6 Å². The molecule has 2 fully saturated rings. The minimum Gasteiger partial charge on any atom is -0.493 e. The van der Waals surface area contributed by atoms with Crippen LogP contribution in [0.5, 0.6) is 11.5 Å². The van der Waals surface area contributed by atoms with Crippen molar-refractivity contribution in [1.29, 1.82) is 0 Å². The van der Waals surface area contributed by atoms with Crippen LogP contribution in [0.4, 0.5) is 0 Å². The first-order valence-corrected chi connectivity index (χ1v) is 9.22. The number of likely N-dealkylation sites (tertiary alicyclic amines) is 1. The highest BCUT2D eigenvalue weighted by molar-refractivity contribution is 5.85. The Hall–Kier alpha value is -1.01. The van der Waals surface area contributed by atoms with Gasteiger partial charge in [0.15, 0.2) is 11.5 Å². The van der Waals surface area contributed by atoms with Gasteiger partial charge in [0.2, 0.25) is 0 Å². The average molecular weight is 389 g/mol. The van der Waals surface area contributed by atoms with Gasteiger partial charge < -0.3 is 19.3 Å². The maximum Gasteiger partial charge on any atom is 0.160 e. The number of hydrogen-bond donors (Lipinski definition) is 1. The molecular weight excluding hydrogens is 354 g/mol. The number of hydrogen-bond acceptors (Lipinski definition) is 5. The van der Waals surface area contributed by atoms with Crippen molar-refractivity contribution < 1.29 is 23.4 Å². The maximum atomic E-state index is 9.86. The number of aliphatic hydroxyl groups excluding tert-OH is 1. The highest BCUT2D eigenvalue weighted by Crippen LogP contribution is 2.30. The van der Waals surface area contributed by atoms with Gasteiger partial charge in [0.1, 0.15) is 0 Å². The number of β-amino-alcohol motifs (C(OH)–C–C–N with tert-alkyl or cyclic N) is 1. The third-order valence-electron chi connectivity index (χ3n) is 5.22. The Labute approximate surface area is 167 Å². The fourth-order valence-electron chi connectivity index (χ4n) is 3.90. The third-order valence-corrected chi connectivity index (χ3v) is 5.22. The van der Waals surface area contributed by atoms with Gasteiger partial charge in [-0.25, -0.2) is 0 Å². The van der Waals surface area contributed by atoms with Crippen molar-refractivity contribution >= 4 is 12.4 Å². The zero-order valence-corrected chi connectivity index (χ0v) is 16.4. The summed E-state index contributed by atoms with van der Waals surface area (Å²) < 4.78 is 41.3. The smallest absolute Gasteiger partial charge is 0.160 e. The predicted octanol–water partition coefficient (Wildman–Crippen LogP) is 3.06. The van der Waals surface area contributed by atoms with Crippen LogP contribution >= 0.6 is 12.4 Å². The van der Waals surface area contributed by atoms with Gasteiger partial charge in [0, 0.05) is 19.1 Å². The Kier molecular flexibility index (Phi) is 6.82. The Bertz CT molecular complexity index is 694. The van der Waals surface area contributed by atoms with Crippen molar-refractivity contribution in [2.75, 3.05) is 33.9 Å². The Balaban J connectivity index is 0.00000300. The lowest BCUT2D eigenvalue weighted by Crippen LogP contribution is -2.46. The van der Waals surface area contributed by atoms with E-state index in [0.29, 0.717) is 24.6 Å². The molecule has 5 nitrogen and oxygen atoms in total. The minimum atomic E-state index is -0.235. The molecule has 1 N–H and O–H groups in total. The average Bonchev–Trinajstić information content (AvgIpc) is 3.13. The molecule has 6 heteroatoms. The monoisotopic (exact) mass is 388 g/mol. The van der Waals surface area contributed by atoms with Crippen molar-refractivity contribution in [3.63, 3.8) is 0 Å². The fourth-order valence-corrected chi connectivity index (χ4v) is 3.90. The number of benzene rings is 1. The molecule has 1 heterocycles. The van der Waals surface area contributed by atoms with Gasteiger partial charge in [-0.1, -0.05) is 18.9 Å². The number of halogens is 1. The summed E-state index contributed by atoms with van der Waals surface area (Å²) >= 11 is 0. The zero-order valence-electron chi connectivity index (χ0n) is 18.6. The van der Waals surface area contributed by atoms with Crippen LogP contribution in [0.15, 0.2) is 18.1 Å². The van der Waals surface area contributed by atoms with Crippen LogP contribution in [-0.4, -0.2) is 62.2 Å². The molecule has 0 unspecified atom stereocenters. The van der Waals surface area contributed by atoms with E-state index >= 15 is 0 Å². The van der Waals surface area contributed by atoms with E-state index < -0.39 is 0 Å². The van der Waals surface area contributed by atoms with Gasteiger partial charge in [-0.05, 0) is 43.3 Å². The lowest BCUT2D eigenvalue weighted by atomic mass is 9.91. The SMILES string of the molecule is Cl.[2H]c1c([2H])c(OC)c(OC)c([2H])c1CCO[C@@H]1CCCC[C@H]1N1CC[C@@H](O)C1. The molecule has 1 aromatic carbocycles. The molecule has 1 saturated carbocycles. The summed E-state index contributed by atoms with van der Waals surface area (Å²) in [5.41, 5.74) is 0.451. The van der Waals surface area contributed by atoms with Crippen LogP contribution in [0.25, 0.3) is 0 Å². The summed E-state index contributed by atoms with van der Waals surface area (Å²) in [6.45, 7) is 2.03. The molecular formula is C20H32ClNO4. The van der Waals surface area contributed by atoms with Gasteiger partial charge in [-0.2, -0.15) is 0 Å². The molecule has 3 atom stereocenters. The lowest BCUT2D eigenvalue weighted by Gasteiger charge is -2.37. The molecule has 0 amide bonds. The van der Waals surface area contributed by atoms with Crippen LogP contribution in [-0.2, 0) is 11.2 Å². The van der Waals surface area contributed by atoms with Gasteiger partial charge in [-0.3, -0.25) is 4.90 Å². The molecule has 1 aliphatic carbocycles. The number of methoxy groups -OCH3 is 2. The normalized spacial score (nSPS) is 28.0. The van der Waals surface area contributed by atoms with Crippen molar-refractivity contribution in [2.24, 2.45) is 0 Å². The van der Waals surface area contributed by atoms with Crippen molar-refractivity contribution in [3.05, 3.63) is 23.7 Å². The lowest BCUT2D eigenvalue weighted by molar-refractivity contribution is -0.0316. The molecule has 3 rings (SSSR count). The highest BCUT2D eigenvalue weighted by atomic mass is 35.5. The number of aliphatic hydroxyl groups is 1. The first-order valence-electron chi connectivity index (χ1n) is 10.7. The largest absolute Gasteiger partial charge is 0.493 e. The molecule has 26 heavy (non-hydrogen) atoms. The Morgan fingerprint density at radius 1 is 1.15 bits per heavy atom.